The summed E-state index contributed by atoms with van der Waals surface area (Å²) in [5.74, 6) is 0. The molecule has 2 heteroatoms. The molecule has 1 aliphatic heterocycles. The third kappa shape index (κ3) is 4.97. The van der Waals surface area contributed by atoms with Gasteiger partial charge < -0.3 is 0 Å². The van der Waals surface area contributed by atoms with Crippen molar-refractivity contribution >= 4 is 66.7 Å². The number of hydrogen-bond donors (Lipinski definition) is 0. The van der Waals surface area contributed by atoms with Crippen LogP contribution in [0.4, 0.5) is 0 Å². The minimum atomic E-state index is -1.19. The molecule has 1 aliphatic carbocycles. The molecule has 55 heavy (non-hydrogen) atoms. The van der Waals surface area contributed by atoms with Crippen LogP contribution in [0.2, 0.25) is 0 Å². The fourth-order valence-corrected chi connectivity index (χ4v) is 16.0. The van der Waals surface area contributed by atoms with Gasteiger partial charge in [-0.25, -0.2) is 0 Å². The van der Waals surface area contributed by atoms with Gasteiger partial charge in [-0.15, -0.1) is 0 Å². The van der Waals surface area contributed by atoms with E-state index in [1.165, 1.54) is 104 Å². The Morgan fingerprint density at radius 3 is 1.71 bits per heavy atom. The van der Waals surface area contributed by atoms with Crippen LogP contribution in [0.1, 0.15) is 25.0 Å². The van der Waals surface area contributed by atoms with Crippen molar-refractivity contribution in [3.05, 3.63) is 187 Å². The van der Waals surface area contributed by atoms with Crippen LogP contribution >= 0.6 is 0 Å². The summed E-state index contributed by atoms with van der Waals surface area (Å²) in [6, 6.07) is 67.1. The molecule has 0 atom stereocenters. The summed E-state index contributed by atoms with van der Waals surface area (Å²) < 4.78 is 4.70. The van der Waals surface area contributed by atoms with Gasteiger partial charge in [0, 0.05) is 0 Å². The Balaban J connectivity index is 1.24. The van der Waals surface area contributed by atoms with E-state index in [4.69, 9.17) is 0 Å². The van der Waals surface area contributed by atoms with Crippen LogP contribution in [0.5, 0.6) is 0 Å². The molecule has 0 N–H and O–H groups in total. The molecular formula is C53H40Ge2. The van der Waals surface area contributed by atoms with E-state index in [0.717, 1.165) is 0 Å². The minimum absolute atomic E-state index is 0.141. The molecule has 0 saturated heterocycles. The Kier molecular flexibility index (Phi) is 7.53. The van der Waals surface area contributed by atoms with Gasteiger partial charge in [0.05, 0.1) is 0 Å². The zero-order valence-corrected chi connectivity index (χ0v) is 38.6. The second kappa shape index (κ2) is 12.6. The van der Waals surface area contributed by atoms with Gasteiger partial charge in [0.25, 0.3) is 0 Å². The van der Waals surface area contributed by atoms with Gasteiger partial charge >= 0.3 is 340 Å². The monoisotopic (exact) mass is 824 g/mol. The van der Waals surface area contributed by atoms with Gasteiger partial charge in [-0.2, -0.15) is 0 Å². The van der Waals surface area contributed by atoms with Crippen molar-refractivity contribution in [2.24, 2.45) is 0 Å². The van der Waals surface area contributed by atoms with Crippen LogP contribution in [0.3, 0.4) is 0 Å². The molecule has 2 aliphatic rings. The normalized spacial score (nSPS) is 13.9. The summed E-state index contributed by atoms with van der Waals surface area (Å²) in [6.07, 6.45) is 0. The van der Waals surface area contributed by atoms with Gasteiger partial charge in [-0.05, 0) is 0 Å². The van der Waals surface area contributed by atoms with Crippen LogP contribution in [-0.4, -0.2) is 31.9 Å². The van der Waals surface area contributed by atoms with E-state index in [2.05, 4.69) is 190 Å². The first kappa shape index (κ1) is 33.0. The molecular weight excluding hydrogens is 782 g/mol. The van der Waals surface area contributed by atoms with Crippen molar-refractivity contribution in [2.45, 2.75) is 19.3 Å². The number of fused-ring (bicyclic) bond motifs is 8. The van der Waals surface area contributed by atoms with E-state index in [-0.39, 0.29) is 5.41 Å². The number of rotatable bonds is 4. The Hall–Kier alpha value is -5.41. The van der Waals surface area contributed by atoms with E-state index < -0.39 is 15.4 Å². The molecule has 0 amide bonds. The van der Waals surface area contributed by atoms with E-state index in [9.17, 15) is 0 Å². The first-order chi connectivity index (χ1) is 27.0. The zero-order valence-electron chi connectivity index (χ0n) is 31.5. The Morgan fingerprint density at radius 2 is 0.927 bits per heavy atom. The third-order valence-corrected chi connectivity index (χ3v) is 18.9. The zero-order chi connectivity index (χ0) is 36.8. The predicted molar refractivity (Wildman–Crippen MR) is 244 cm³/mol. The second-order valence-electron chi connectivity index (χ2n) is 16.0. The summed E-state index contributed by atoms with van der Waals surface area (Å²) in [5.41, 5.74) is 19.0. The summed E-state index contributed by atoms with van der Waals surface area (Å²) in [6.45, 7) is 4.84. The first-order valence-corrected chi connectivity index (χ1v) is 24.6. The molecule has 11 rings (SSSR count). The fourth-order valence-electron chi connectivity index (χ4n) is 10.2. The topological polar surface area (TPSA) is 0 Å². The molecule has 0 nitrogen and oxygen atoms in total. The molecule has 0 bridgehead atoms. The Morgan fingerprint density at radius 1 is 0.400 bits per heavy atom. The van der Waals surface area contributed by atoms with E-state index >= 15 is 0 Å². The van der Waals surface area contributed by atoms with Crippen molar-refractivity contribution in [3.63, 3.8) is 0 Å². The standard InChI is InChI=1S/C53H40Ge2/c1-53(2)47-27-6-3-17-37(47)41-23-12-26-44(51(41)53)50-39-21-10-19-34(32-14-9-15-33(30-32)35-16-4-7-28-48(35)54)45(39)31-46-36(20-11-22-40(46)50)42-24-13-25-43-38-18-5-8-29-49(38)55-52(42)43/h3-31H,55H2,1-2,54H3. The van der Waals surface area contributed by atoms with Crippen LogP contribution in [0.25, 0.3) is 88.3 Å². The third-order valence-electron chi connectivity index (χ3n) is 12.7. The van der Waals surface area contributed by atoms with Gasteiger partial charge in [0.2, 0.25) is 0 Å². The average Bonchev–Trinajstić information content (AvgIpc) is 3.72. The van der Waals surface area contributed by atoms with Gasteiger partial charge in [0.1, 0.15) is 0 Å². The maximum atomic E-state index is 2.53. The summed E-state index contributed by atoms with van der Waals surface area (Å²) in [5, 5.41) is 5.27. The molecule has 260 valence electrons. The van der Waals surface area contributed by atoms with Crippen molar-refractivity contribution in [3.8, 4) is 66.8 Å². The predicted octanol–water partition coefficient (Wildman–Crippen LogP) is 10.1. The molecule has 1 heterocycles. The SMILES string of the molecule is CC1(C)c2ccccc2-c2cccc(-c3c4cccc(-c5cccc(-c6cccc[c]6[GeH3])c5)c4cc4c(-c5cccc6[c]5[GeH2][c]5ccccc5-6)cccc34)c21. The summed E-state index contributed by atoms with van der Waals surface area (Å²) in [4.78, 5) is 0. The van der Waals surface area contributed by atoms with Crippen molar-refractivity contribution in [1.82, 2.24) is 0 Å². The van der Waals surface area contributed by atoms with Crippen molar-refractivity contribution < 1.29 is 0 Å². The van der Waals surface area contributed by atoms with Gasteiger partial charge in [-0.3, -0.25) is 0 Å². The van der Waals surface area contributed by atoms with Crippen LogP contribution in [0, 0.1) is 0 Å². The molecule has 0 spiro atoms. The quantitative estimate of drug-likeness (QED) is 0.123. The number of benzene rings is 9. The maximum absolute atomic E-state index is 2.53. The molecule has 0 radical (unpaired) electrons. The summed E-state index contributed by atoms with van der Waals surface area (Å²) in [7, 11) is 0. The van der Waals surface area contributed by atoms with E-state index in [0.29, 0.717) is 16.5 Å². The van der Waals surface area contributed by atoms with E-state index in [1.54, 1.807) is 8.79 Å². The molecule has 0 fully saturated rings. The van der Waals surface area contributed by atoms with Crippen LogP contribution in [-0.2, 0) is 5.41 Å². The van der Waals surface area contributed by atoms with Crippen molar-refractivity contribution in [1.29, 1.82) is 0 Å². The Labute approximate surface area is 337 Å². The van der Waals surface area contributed by atoms with Gasteiger partial charge in [-0.1, -0.05) is 0 Å². The summed E-state index contributed by atoms with van der Waals surface area (Å²) >= 11 is -0.595. The molecule has 0 aromatic heterocycles. The van der Waals surface area contributed by atoms with Crippen LogP contribution < -0.4 is 13.2 Å². The van der Waals surface area contributed by atoms with E-state index in [1.807, 2.05) is 0 Å². The van der Waals surface area contributed by atoms with Gasteiger partial charge in [0.15, 0.2) is 0 Å². The number of hydrogen-bond acceptors (Lipinski definition) is 0. The molecule has 9 aromatic carbocycles. The second-order valence-corrected chi connectivity index (χ2v) is 22.1. The molecule has 9 aromatic rings. The Bertz CT molecular complexity index is 3060. The molecule has 0 saturated carbocycles. The fraction of sp³-hybridized carbons (Fsp3) is 0.0566. The first-order valence-electron chi connectivity index (χ1n) is 19.6. The van der Waals surface area contributed by atoms with Crippen LogP contribution in [0.15, 0.2) is 176 Å². The van der Waals surface area contributed by atoms with Crippen molar-refractivity contribution in [2.75, 3.05) is 0 Å². The average molecular weight is 822 g/mol. The molecule has 0 unspecified atom stereocenters.